The number of hydrogen-bond acceptors (Lipinski definition) is 4. The molecule has 0 radical (unpaired) electrons. The predicted molar refractivity (Wildman–Crippen MR) is 110 cm³/mol. The molecule has 1 aromatic carbocycles. The fourth-order valence-corrected chi connectivity index (χ4v) is 3.04. The van der Waals surface area contributed by atoms with Crippen LogP contribution in [-0.2, 0) is 7.05 Å². The van der Waals surface area contributed by atoms with Crippen LogP contribution in [-0.4, -0.2) is 36.3 Å². The maximum Gasteiger partial charge on any atom is 0.387 e. The first-order valence-corrected chi connectivity index (χ1v) is 8.78. The van der Waals surface area contributed by atoms with Crippen LogP contribution in [0.15, 0.2) is 36.8 Å². The first-order chi connectivity index (χ1) is 12.9. The number of halogens is 2. The largest absolute Gasteiger partial charge is 0.433 e. The number of aryl methyl sites for hydroxylation is 1. The molecule has 0 amide bonds. The first-order valence-electron chi connectivity index (χ1n) is 8.78. The van der Waals surface area contributed by atoms with Crippen molar-refractivity contribution in [1.29, 1.82) is 0 Å². The zero-order chi connectivity index (χ0) is 19.6. The number of anilines is 1. The third kappa shape index (κ3) is 4.42. The van der Waals surface area contributed by atoms with Gasteiger partial charge in [-0.1, -0.05) is 26.1 Å². The molecule has 1 fully saturated rings. The van der Waals surface area contributed by atoms with Gasteiger partial charge in [0.05, 0.1) is 22.7 Å². The number of benzene rings is 1. The number of alkyl halides is 2. The van der Waals surface area contributed by atoms with Gasteiger partial charge in [0.1, 0.15) is 5.75 Å². The molecule has 1 aromatic heterocycles. The van der Waals surface area contributed by atoms with Crippen LogP contribution >= 0.6 is 0 Å². The van der Waals surface area contributed by atoms with Gasteiger partial charge in [0.15, 0.2) is 0 Å². The lowest BCUT2D eigenvalue weighted by Gasteiger charge is -2.29. The molecular weight excluding hydrogens is 362 g/mol. The van der Waals surface area contributed by atoms with Crippen molar-refractivity contribution in [2.45, 2.75) is 26.9 Å². The van der Waals surface area contributed by atoms with Gasteiger partial charge >= 0.3 is 6.61 Å². The molecule has 0 bridgehead atoms. The molecule has 5 nitrogen and oxygen atoms in total. The summed E-state index contributed by atoms with van der Waals surface area (Å²) >= 11 is 0. The summed E-state index contributed by atoms with van der Waals surface area (Å²) in [5, 5.41) is 4.92. The van der Waals surface area contributed by atoms with Gasteiger partial charge in [0.2, 0.25) is 0 Å². The topological polar surface area (TPSA) is 42.3 Å². The molecule has 0 aliphatic carbocycles. The van der Waals surface area contributed by atoms with E-state index >= 15 is 0 Å². The third-order valence-electron chi connectivity index (χ3n) is 4.83. The quantitative estimate of drug-likeness (QED) is 0.823. The van der Waals surface area contributed by atoms with Crippen molar-refractivity contribution in [1.82, 2.24) is 14.9 Å². The van der Waals surface area contributed by atoms with Crippen LogP contribution in [0.2, 0.25) is 0 Å². The highest BCUT2D eigenvalue weighted by molar-refractivity contribution is 5.67. The predicted octanol–water partition coefficient (Wildman–Crippen LogP) is 2.58. The van der Waals surface area contributed by atoms with Crippen molar-refractivity contribution in [3.05, 3.63) is 53.1 Å². The molecule has 7 heteroatoms. The van der Waals surface area contributed by atoms with Crippen LogP contribution in [0, 0.1) is 0 Å². The molecule has 152 valence electrons. The second-order valence-electron chi connectivity index (χ2n) is 6.57. The molecule has 28 heavy (non-hydrogen) atoms. The number of hydrogen-bond donors (Lipinski definition) is 1. The van der Waals surface area contributed by atoms with E-state index in [1.165, 1.54) is 0 Å². The highest BCUT2D eigenvalue weighted by Crippen LogP contribution is 2.35. The molecule has 0 spiro atoms. The number of nitrogens with zero attached hydrogens (tertiary/aromatic N) is 3. The Morgan fingerprint density at radius 2 is 2.14 bits per heavy atom. The zero-order valence-corrected chi connectivity index (χ0v) is 15.7. The fourth-order valence-electron chi connectivity index (χ4n) is 3.04. The van der Waals surface area contributed by atoms with Crippen molar-refractivity contribution in [3.8, 4) is 5.75 Å². The molecule has 1 aliphatic rings. The van der Waals surface area contributed by atoms with Gasteiger partial charge in [0, 0.05) is 38.8 Å². The second-order valence-corrected chi connectivity index (χ2v) is 6.57. The molecule has 2 aromatic rings. The van der Waals surface area contributed by atoms with Crippen LogP contribution in [0.4, 0.5) is 14.5 Å². The zero-order valence-electron chi connectivity index (χ0n) is 15.7. The van der Waals surface area contributed by atoms with E-state index in [-0.39, 0.29) is 13.2 Å². The number of imidazole rings is 1. The Bertz CT molecular complexity index is 948. The summed E-state index contributed by atoms with van der Waals surface area (Å²) in [5.74, 6) is 0.481. The van der Waals surface area contributed by atoms with Crippen molar-refractivity contribution >= 4 is 17.8 Å². The molecule has 3 rings (SSSR count). The van der Waals surface area contributed by atoms with Gasteiger partial charge < -0.3 is 19.5 Å². The molecule has 1 saturated heterocycles. The number of rotatable bonds is 6. The maximum atomic E-state index is 13.0. The maximum absolute atomic E-state index is 13.0. The van der Waals surface area contributed by atoms with Gasteiger partial charge in [-0.3, -0.25) is 0 Å². The van der Waals surface area contributed by atoms with Gasteiger partial charge in [-0.05, 0) is 30.7 Å². The van der Waals surface area contributed by atoms with Crippen molar-refractivity contribution in [2.24, 2.45) is 7.05 Å². The molecule has 0 unspecified atom stereocenters. The minimum Gasteiger partial charge on any atom is -0.433 e. The van der Waals surface area contributed by atoms with E-state index in [9.17, 15) is 8.78 Å². The Morgan fingerprint density at radius 1 is 1.43 bits per heavy atom. The summed E-state index contributed by atoms with van der Waals surface area (Å²) < 4.78 is 32.6. The minimum atomic E-state index is -2.89. The van der Waals surface area contributed by atoms with E-state index < -0.39 is 6.61 Å². The normalized spacial score (nSPS) is 15.4. The summed E-state index contributed by atoms with van der Waals surface area (Å²) in [6, 6.07) is 5.46. The molecule has 1 N–H and O–H groups in total. The molecular formula is C21H28F2N4O. The molecule has 1 aliphatic heterocycles. The fraction of sp³-hybridized carbons (Fsp3) is 0.381. The smallest absolute Gasteiger partial charge is 0.387 e. The van der Waals surface area contributed by atoms with E-state index in [0.29, 0.717) is 17.3 Å². The van der Waals surface area contributed by atoms with E-state index in [0.717, 1.165) is 29.4 Å². The molecule has 0 atom stereocenters. The Morgan fingerprint density at radius 3 is 2.71 bits per heavy atom. The summed E-state index contributed by atoms with van der Waals surface area (Å²) in [6.45, 7) is 4.81. The van der Waals surface area contributed by atoms with Crippen molar-refractivity contribution in [2.75, 3.05) is 25.0 Å². The van der Waals surface area contributed by atoms with E-state index in [1.54, 1.807) is 30.4 Å². The lowest BCUT2D eigenvalue weighted by molar-refractivity contribution is -0.0495. The van der Waals surface area contributed by atoms with E-state index in [4.69, 9.17) is 4.74 Å². The number of ether oxygens (including phenoxy) is 1. The van der Waals surface area contributed by atoms with Gasteiger partial charge in [-0.15, -0.1) is 0 Å². The Hall–Kier alpha value is -2.67. The van der Waals surface area contributed by atoms with Gasteiger partial charge in [-0.2, -0.15) is 8.78 Å². The van der Waals surface area contributed by atoms with Crippen LogP contribution in [0.1, 0.15) is 25.8 Å². The number of nitrogens with one attached hydrogen (secondary N) is 1. The van der Waals surface area contributed by atoms with Crippen molar-refractivity contribution < 1.29 is 13.5 Å². The number of aromatic nitrogens is 2. The Labute approximate surface area is 164 Å². The Balaban J connectivity index is 0.00000280. The average molecular weight is 390 g/mol. The highest BCUT2D eigenvalue weighted by Gasteiger charge is 2.22. The molecule has 0 saturated carbocycles. The summed E-state index contributed by atoms with van der Waals surface area (Å²) in [4.78, 5) is 6.05. The molecule has 2 heterocycles. The first kappa shape index (κ1) is 21.6. The lowest BCUT2D eigenvalue weighted by atomic mass is 9.93. The van der Waals surface area contributed by atoms with Crippen LogP contribution < -0.4 is 25.7 Å². The lowest BCUT2D eigenvalue weighted by Crippen LogP contribution is -2.39. The SMILES string of the molecule is C.C=C(/C=c1\c(=C/C)ncn1C)N(C)c1ccc(C2CNC2)cc1OC(F)F. The third-order valence-corrected chi connectivity index (χ3v) is 4.83. The number of allylic oxidation sites excluding steroid dienone is 1. The second kappa shape index (κ2) is 9.01. The van der Waals surface area contributed by atoms with Crippen LogP contribution in [0.3, 0.4) is 0 Å². The van der Waals surface area contributed by atoms with Crippen LogP contribution in [0.25, 0.3) is 12.2 Å². The Kier molecular flexibility index (Phi) is 6.96. The highest BCUT2D eigenvalue weighted by atomic mass is 19.3. The summed E-state index contributed by atoms with van der Waals surface area (Å²) in [6.07, 6.45) is 5.51. The standard InChI is InChI=1S/C20H24F2N4O.CH4/c1-5-16-18(25(3)12-24-16)8-13(2)26(4)17-7-6-14(15-10-23-11-15)9-19(17)27-20(21)22;/h5-9,12,15,20,23H,2,10-11H2,1,3-4H3;1H4/b16-5+,18-8+;. The van der Waals surface area contributed by atoms with E-state index in [1.807, 2.05) is 36.8 Å². The van der Waals surface area contributed by atoms with E-state index in [2.05, 4.69) is 16.9 Å². The summed E-state index contributed by atoms with van der Waals surface area (Å²) in [7, 11) is 3.68. The minimum absolute atomic E-state index is 0. The monoisotopic (exact) mass is 390 g/mol. The summed E-state index contributed by atoms with van der Waals surface area (Å²) in [5.41, 5.74) is 2.17. The van der Waals surface area contributed by atoms with Crippen molar-refractivity contribution in [3.63, 3.8) is 0 Å². The van der Waals surface area contributed by atoms with Gasteiger partial charge in [-0.25, -0.2) is 4.98 Å². The van der Waals surface area contributed by atoms with Crippen LogP contribution in [0.5, 0.6) is 5.75 Å². The van der Waals surface area contributed by atoms with Gasteiger partial charge in [0.25, 0.3) is 0 Å². The average Bonchev–Trinajstić information content (AvgIpc) is 2.92.